The molecule has 0 aliphatic rings. The second kappa shape index (κ2) is 22.5. The van der Waals surface area contributed by atoms with E-state index < -0.39 is 10.8 Å². The van der Waals surface area contributed by atoms with Crippen LogP contribution in [0.5, 0.6) is 0 Å². The number of ether oxygens (including phenoxy) is 2. The van der Waals surface area contributed by atoms with Gasteiger partial charge in [0.2, 0.25) is 0 Å². The van der Waals surface area contributed by atoms with Crippen molar-refractivity contribution in [3.05, 3.63) is 35.9 Å². The highest BCUT2D eigenvalue weighted by Crippen LogP contribution is 2.14. The van der Waals surface area contributed by atoms with Crippen molar-refractivity contribution < 1.29 is 13.7 Å². The number of benzene rings is 1. The fourth-order valence-corrected chi connectivity index (χ4v) is 5.54. The van der Waals surface area contributed by atoms with Crippen molar-refractivity contribution in [1.29, 1.82) is 0 Å². The normalized spacial score (nSPS) is 13.5. The fraction of sp³-hybridized carbons (Fsp3) is 0.806. The molecule has 0 amide bonds. The van der Waals surface area contributed by atoms with Gasteiger partial charge in [0, 0.05) is 28.9 Å². The Morgan fingerprint density at radius 1 is 0.714 bits per heavy atom. The molecule has 0 aliphatic carbocycles. The molecule has 0 fully saturated rings. The van der Waals surface area contributed by atoms with Crippen molar-refractivity contribution in [1.82, 2.24) is 0 Å². The minimum absolute atomic E-state index is 0.116. The van der Waals surface area contributed by atoms with Gasteiger partial charge < -0.3 is 9.47 Å². The van der Waals surface area contributed by atoms with Crippen LogP contribution in [-0.2, 0) is 26.9 Å². The maximum absolute atomic E-state index is 12.3. The molecule has 0 aliphatic heterocycles. The Kier molecular flexibility index (Phi) is 20.8. The van der Waals surface area contributed by atoms with E-state index >= 15 is 0 Å². The van der Waals surface area contributed by atoms with E-state index in [2.05, 4.69) is 39.8 Å². The van der Waals surface area contributed by atoms with Crippen molar-refractivity contribution in [2.24, 2.45) is 11.8 Å². The van der Waals surface area contributed by atoms with Crippen LogP contribution >= 0.6 is 0 Å². The summed E-state index contributed by atoms with van der Waals surface area (Å²) in [6.07, 6.45) is 16.7. The molecule has 0 bridgehead atoms. The average Bonchev–Trinajstić information content (AvgIpc) is 2.83. The quantitative estimate of drug-likeness (QED) is 0.131. The molecule has 0 saturated carbocycles. The van der Waals surface area contributed by atoms with Gasteiger partial charge in [0.1, 0.15) is 0 Å². The first-order valence-electron chi connectivity index (χ1n) is 14.6. The molecule has 0 radical (unpaired) electrons. The van der Waals surface area contributed by atoms with E-state index in [4.69, 9.17) is 9.47 Å². The minimum atomic E-state index is -0.700. The van der Waals surface area contributed by atoms with E-state index in [1.165, 1.54) is 69.8 Å². The second-order valence-electron chi connectivity index (χ2n) is 11.0. The van der Waals surface area contributed by atoms with E-state index in [-0.39, 0.29) is 6.10 Å². The number of hydrogen-bond donors (Lipinski definition) is 0. The predicted molar refractivity (Wildman–Crippen MR) is 153 cm³/mol. The van der Waals surface area contributed by atoms with Gasteiger partial charge in [-0.3, -0.25) is 4.21 Å². The summed E-state index contributed by atoms with van der Waals surface area (Å²) in [5, 5.41) is 0. The summed E-state index contributed by atoms with van der Waals surface area (Å²) in [4.78, 5) is 0. The first-order chi connectivity index (χ1) is 17.0. The van der Waals surface area contributed by atoms with Crippen molar-refractivity contribution in [3.8, 4) is 0 Å². The van der Waals surface area contributed by atoms with Crippen LogP contribution in [0.25, 0.3) is 0 Å². The van der Waals surface area contributed by atoms with E-state index in [1.807, 2.05) is 18.2 Å². The van der Waals surface area contributed by atoms with Gasteiger partial charge in [-0.2, -0.15) is 0 Å². The summed E-state index contributed by atoms with van der Waals surface area (Å²) < 4.78 is 24.3. The summed E-state index contributed by atoms with van der Waals surface area (Å²) in [7, 11) is -0.700. The highest BCUT2D eigenvalue weighted by molar-refractivity contribution is 7.84. The third-order valence-electron chi connectivity index (χ3n) is 6.43. The molecular formula is C31H56O3S. The number of hydrogen-bond acceptors (Lipinski definition) is 3. The molecule has 0 N–H and O–H groups in total. The Bertz CT molecular complexity index is 603. The molecule has 3 nitrogen and oxygen atoms in total. The highest BCUT2D eigenvalue weighted by atomic mass is 32.2. The van der Waals surface area contributed by atoms with Crippen molar-refractivity contribution in [2.75, 3.05) is 24.7 Å². The van der Waals surface area contributed by atoms with Crippen LogP contribution in [0.2, 0.25) is 0 Å². The van der Waals surface area contributed by atoms with E-state index in [0.717, 1.165) is 36.7 Å². The second-order valence-corrected chi connectivity index (χ2v) is 12.7. The van der Waals surface area contributed by atoms with E-state index in [0.29, 0.717) is 25.7 Å². The van der Waals surface area contributed by atoms with Crippen molar-refractivity contribution in [2.45, 2.75) is 124 Å². The zero-order valence-corrected chi connectivity index (χ0v) is 24.3. The van der Waals surface area contributed by atoms with Crippen LogP contribution in [0.3, 0.4) is 0 Å². The zero-order valence-electron chi connectivity index (χ0n) is 23.5. The maximum atomic E-state index is 12.3. The van der Waals surface area contributed by atoms with Crippen LogP contribution in [0, 0.1) is 11.8 Å². The average molecular weight is 509 g/mol. The van der Waals surface area contributed by atoms with Gasteiger partial charge in [0.05, 0.1) is 19.3 Å². The van der Waals surface area contributed by atoms with Crippen LogP contribution in [0.1, 0.15) is 117 Å². The summed E-state index contributed by atoms with van der Waals surface area (Å²) in [5.41, 5.74) is 1.20. The molecule has 0 spiro atoms. The first kappa shape index (κ1) is 32.3. The highest BCUT2D eigenvalue weighted by Gasteiger charge is 2.12. The van der Waals surface area contributed by atoms with Gasteiger partial charge in [-0.1, -0.05) is 122 Å². The third-order valence-corrected chi connectivity index (χ3v) is 7.92. The molecule has 35 heavy (non-hydrogen) atoms. The van der Waals surface area contributed by atoms with Gasteiger partial charge in [-0.15, -0.1) is 0 Å². The molecule has 1 rings (SSSR count). The monoisotopic (exact) mass is 508 g/mol. The standard InChI is InChI=1S/C31H56O3S/c1-28(2)19-14-11-9-7-5-6-8-10-12-17-23-35(32)24-18-22-33-27-31(25-29(3)4)34-26-30-20-15-13-16-21-30/h13,15-16,20-21,28-29,31H,5-12,14,17-19,22-27H2,1-4H3. The topological polar surface area (TPSA) is 35.5 Å². The molecule has 2 unspecified atom stereocenters. The molecule has 1 aromatic carbocycles. The molecule has 2 atom stereocenters. The molecule has 0 aromatic heterocycles. The van der Waals surface area contributed by atoms with Crippen LogP contribution in [0.15, 0.2) is 30.3 Å². The lowest BCUT2D eigenvalue weighted by atomic mass is 10.0. The Hall–Kier alpha value is -0.710. The van der Waals surface area contributed by atoms with Gasteiger partial charge in [0.25, 0.3) is 0 Å². The number of unbranched alkanes of at least 4 members (excludes halogenated alkanes) is 9. The lowest BCUT2D eigenvalue weighted by molar-refractivity contribution is -0.0337. The van der Waals surface area contributed by atoms with Crippen LogP contribution in [0.4, 0.5) is 0 Å². The lowest BCUT2D eigenvalue weighted by Crippen LogP contribution is -2.22. The van der Waals surface area contributed by atoms with Gasteiger partial charge >= 0.3 is 0 Å². The van der Waals surface area contributed by atoms with Gasteiger partial charge in [-0.05, 0) is 36.7 Å². The van der Waals surface area contributed by atoms with Crippen LogP contribution < -0.4 is 0 Å². The smallest absolute Gasteiger partial charge is 0.0815 e. The maximum Gasteiger partial charge on any atom is 0.0815 e. The first-order valence-corrected chi connectivity index (χ1v) is 16.0. The molecule has 0 heterocycles. The summed E-state index contributed by atoms with van der Waals surface area (Å²) in [5.74, 6) is 3.05. The molecule has 1 aromatic rings. The summed E-state index contributed by atoms with van der Waals surface area (Å²) in [6, 6.07) is 10.3. The minimum Gasteiger partial charge on any atom is -0.379 e. The van der Waals surface area contributed by atoms with Gasteiger partial charge in [0.15, 0.2) is 0 Å². The molecule has 0 saturated heterocycles. The van der Waals surface area contributed by atoms with Crippen molar-refractivity contribution >= 4 is 10.8 Å². The Labute approximate surface area is 220 Å². The molecule has 204 valence electrons. The van der Waals surface area contributed by atoms with Crippen molar-refractivity contribution in [3.63, 3.8) is 0 Å². The number of rotatable bonds is 24. The Balaban J connectivity index is 1.95. The van der Waals surface area contributed by atoms with Crippen LogP contribution in [-0.4, -0.2) is 35.0 Å². The predicted octanol–water partition coefficient (Wildman–Crippen LogP) is 8.72. The molecular weight excluding hydrogens is 452 g/mol. The van der Waals surface area contributed by atoms with Gasteiger partial charge in [-0.25, -0.2) is 0 Å². The summed E-state index contributed by atoms with van der Waals surface area (Å²) >= 11 is 0. The SMILES string of the molecule is CC(C)CCCCCCCCCCCCS(=O)CCCOCC(CC(C)C)OCc1ccccc1. The third kappa shape index (κ3) is 21.1. The van der Waals surface area contributed by atoms with E-state index in [9.17, 15) is 4.21 Å². The lowest BCUT2D eigenvalue weighted by Gasteiger charge is -2.20. The summed E-state index contributed by atoms with van der Waals surface area (Å²) in [6.45, 7) is 11.0. The van der Waals surface area contributed by atoms with E-state index in [1.54, 1.807) is 0 Å². The molecule has 4 heteroatoms. The fourth-order valence-electron chi connectivity index (χ4n) is 4.37. The largest absolute Gasteiger partial charge is 0.379 e. The Morgan fingerprint density at radius 3 is 1.89 bits per heavy atom. The Morgan fingerprint density at radius 2 is 1.29 bits per heavy atom. The zero-order chi connectivity index (χ0) is 25.6.